The third-order valence-electron chi connectivity index (χ3n) is 2.00. The summed E-state index contributed by atoms with van der Waals surface area (Å²) in [6.45, 7) is 0. The van der Waals surface area contributed by atoms with Crippen LogP contribution < -0.4 is 11.1 Å². The fourth-order valence-electron chi connectivity index (χ4n) is 1.31. The molecule has 0 fully saturated rings. The monoisotopic (exact) mass is 268 g/mol. The van der Waals surface area contributed by atoms with Crippen LogP contribution in [0.25, 0.3) is 10.4 Å². The number of thiophene rings is 1. The smallest absolute Gasteiger partial charge is 0.168 e. The van der Waals surface area contributed by atoms with Crippen molar-refractivity contribution in [1.82, 2.24) is 0 Å². The van der Waals surface area contributed by atoms with Gasteiger partial charge in [0, 0.05) is 15.3 Å². The minimum Gasteiger partial charge on any atom is -0.376 e. The third kappa shape index (κ3) is 2.72. The Hall–Kier alpha value is -1.10. The molecular weight excluding hydrogens is 260 g/mol. The lowest BCUT2D eigenvalue weighted by Gasteiger charge is -1.98. The van der Waals surface area contributed by atoms with Crippen LogP contribution in [-0.4, -0.2) is 5.11 Å². The Balaban J connectivity index is 2.24. The van der Waals surface area contributed by atoms with Crippen LogP contribution in [0.3, 0.4) is 0 Å². The maximum atomic E-state index is 5.83. The van der Waals surface area contributed by atoms with Crippen molar-refractivity contribution in [2.45, 2.75) is 0 Å². The van der Waals surface area contributed by atoms with Gasteiger partial charge in [0.25, 0.3) is 0 Å². The van der Waals surface area contributed by atoms with Crippen LogP contribution in [0.5, 0.6) is 0 Å². The van der Waals surface area contributed by atoms with E-state index in [4.69, 9.17) is 29.6 Å². The van der Waals surface area contributed by atoms with Crippen LogP contribution in [0, 0.1) is 0 Å². The summed E-state index contributed by atoms with van der Waals surface area (Å²) >= 11 is 12.2. The van der Waals surface area contributed by atoms with E-state index >= 15 is 0 Å². The summed E-state index contributed by atoms with van der Waals surface area (Å²) in [4.78, 5) is 1.15. The molecule has 3 N–H and O–H groups in total. The molecule has 0 aliphatic heterocycles. The number of hydrogen-bond donors (Lipinski definition) is 2. The number of thiocarbonyl (C=S) groups is 1. The Labute approximate surface area is 108 Å². The number of nitrogens with two attached hydrogens (primary N) is 1. The molecule has 1 aromatic carbocycles. The molecule has 0 amide bonds. The molecule has 0 spiro atoms. The largest absolute Gasteiger partial charge is 0.376 e. The lowest BCUT2D eigenvalue weighted by atomic mass is 10.2. The molecule has 1 aromatic heterocycles. The van der Waals surface area contributed by atoms with Crippen molar-refractivity contribution < 1.29 is 0 Å². The normalized spacial score (nSPS) is 10.1. The highest BCUT2D eigenvalue weighted by atomic mass is 35.5. The van der Waals surface area contributed by atoms with Gasteiger partial charge in [0.2, 0.25) is 0 Å². The first-order valence-electron chi connectivity index (χ1n) is 4.56. The fourth-order valence-corrected chi connectivity index (χ4v) is 2.40. The van der Waals surface area contributed by atoms with Crippen molar-refractivity contribution in [2.24, 2.45) is 5.73 Å². The van der Waals surface area contributed by atoms with Gasteiger partial charge in [0.05, 0.1) is 5.69 Å². The van der Waals surface area contributed by atoms with Crippen LogP contribution >= 0.6 is 35.2 Å². The van der Waals surface area contributed by atoms with Gasteiger partial charge in [-0.1, -0.05) is 23.7 Å². The molecule has 0 aliphatic carbocycles. The SMILES string of the molecule is NC(=S)Nc1csc(-c2ccc(Cl)cc2)c1. The van der Waals surface area contributed by atoms with E-state index in [1.54, 1.807) is 11.3 Å². The van der Waals surface area contributed by atoms with Crippen LogP contribution in [0.1, 0.15) is 0 Å². The van der Waals surface area contributed by atoms with E-state index in [0.717, 1.165) is 21.2 Å². The predicted octanol–water partition coefficient (Wildman–Crippen LogP) is 3.72. The van der Waals surface area contributed by atoms with Crippen molar-refractivity contribution >= 4 is 46.0 Å². The Morgan fingerprint density at radius 1 is 1.31 bits per heavy atom. The minimum atomic E-state index is 0.278. The van der Waals surface area contributed by atoms with E-state index in [9.17, 15) is 0 Å². The first-order chi connectivity index (χ1) is 7.65. The summed E-state index contributed by atoms with van der Waals surface area (Å²) in [5, 5.41) is 5.89. The second kappa shape index (κ2) is 4.82. The Morgan fingerprint density at radius 2 is 2.00 bits per heavy atom. The van der Waals surface area contributed by atoms with Gasteiger partial charge in [-0.2, -0.15) is 0 Å². The van der Waals surface area contributed by atoms with Gasteiger partial charge < -0.3 is 11.1 Å². The maximum absolute atomic E-state index is 5.83. The van der Waals surface area contributed by atoms with Gasteiger partial charge in [-0.25, -0.2) is 0 Å². The summed E-state index contributed by atoms with van der Waals surface area (Å²) in [5.41, 5.74) is 7.45. The zero-order valence-corrected chi connectivity index (χ0v) is 10.6. The second-order valence-corrected chi connectivity index (χ2v) is 4.98. The molecule has 0 bridgehead atoms. The highest BCUT2D eigenvalue weighted by Crippen LogP contribution is 2.30. The van der Waals surface area contributed by atoms with Crippen LogP contribution in [0.4, 0.5) is 5.69 Å². The minimum absolute atomic E-state index is 0.278. The second-order valence-electron chi connectivity index (χ2n) is 3.20. The predicted molar refractivity (Wildman–Crippen MR) is 75.2 cm³/mol. The Kier molecular flexibility index (Phi) is 3.43. The van der Waals surface area contributed by atoms with Crippen molar-refractivity contribution in [1.29, 1.82) is 0 Å². The van der Waals surface area contributed by atoms with Crippen molar-refractivity contribution in [3.05, 3.63) is 40.7 Å². The highest BCUT2D eigenvalue weighted by Gasteiger charge is 2.02. The standard InChI is InChI=1S/C11H9ClN2S2/c12-8-3-1-7(2-4-8)10-5-9(6-16-10)14-11(13)15/h1-6H,(H3,13,14,15). The van der Waals surface area contributed by atoms with Gasteiger partial charge in [-0.05, 0) is 36.0 Å². The average Bonchev–Trinajstić information content (AvgIpc) is 2.66. The number of hydrogen-bond acceptors (Lipinski definition) is 2. The summed E-state index contributed by atoms with van der Waals surface area (Å²) in [7, 11) is 0. The summed E-state index contributed by atoms with van der Waals surface area (Å²) < 4.78 is 0. The molecule has 0 radical (unpaired) electrons. The maximum Gasteiger partial charge on any atom is 0.168 e. The van der Waals surface area contributed by atoms with Gasteiger partial charge in [-0.15, -0.1) is 11.3 Å². The third-order valence-corrected chi connectivity index (χ3v) is 3.33. The van der Waals surface area contributed by atoms with Gasteiger partial charge >= 0.3 is 0 Å². The van der Waals surface area contributed by atoms with E-state index in [2.05, 4.69) is 5.32 Å². The summed E-state index contributed by atoms with van der Waals surface area (Å²) in [5.74, 6) is 0. The molecule has 5 heteroatoms. The zero-order chi connectivity index (χ0) is 11.5. The van der Waals surface area contributed by atoms with E-state index in [1.165, 1.54) is 0 Å². The lowest BCUT2D eigenvalue weighted by Crippen LogP contribution is -2.18. The molecule has 82 valence electrons. The van der Waals surface area contributed by atoms with Crippen LogP contribution in [0.2, 0.25) is 5.02 Å². The number of nitrogens with one attached hydrogen (secondary N) is 1. The van der Waals surface area contributed by atoms with E-state index < -0.39 is 0 Å². The molecule has 2 rings (SSSR count). The molecule has 0 unspecified atom stereocenters. The average molecular weight is 269 g/mol. The fraction of sp³-hybridized carbons (Fsp3) is 0. The molecule has 0 aliphatic rings. The first-order valence-corrected chi connectivity index (χ1v) is 6.22. The van der Waals surface area contributed by atoms with Gasteiger partial charge in [0.15, 0.2) is 5.11 Å². The topological polar surface area (TPSA) is 38.0 Å². The molecule has 0 saturated heterocycles. The number of halogens is 1. The highest BCUT2D eigenvalue weighted by molar-refractivity contribution is 7.80. The number of anilines is 1. The summed E-state index contributed by atoms with van der Waals surface area (Å²) in [6.07, 6.45) is 0. The molecule has 1 heterocycles. The van der Waals surface area contributed by atoms with E-state index in [0.29, 0.717) is 0 Å². The van der Waals surface area contributed by atoms with Crippen molar-refractivity contribution in [3.8, 4) is 10.4 Å². The quantitative estimate of drug-likeness (QED) is 0.815. The van der Waals surface area contributed by atoms with Gasteiger partial charge in [-0.3, -0.25) is 0 Å². The Bertz CT molecular complexity index is 505. The van der Waals surface area contributed by atoms with Crippen LogP contribution in [0.15, 0.2) is 35.7 Å². The molecular formula is C11H9ClN2S2. The first kappa shape index (κ1) is 11.4. The van der Waals surface area contributed by atoms with E-state index in [1.807, 2.05) is 35.7 Å². The van der Waals surface area contributed by atoms with Crippen LogP contribution in [-0.2, 0) is 0 Å². The number of benzene rings is 1. The molecule has 2 aromatic rings. The van der Waals surface area contributed by atoms with Crippen molar-refractivity contribution in [3.63, 3.8) is 0 Å². The summed E-state index contributed by atoms with van der Waals surface area (Å²) in [6, 6.07) is 9.72. The Morgan fingerprint density at radius 3 is 2.62 bits per heavy atom. The molecule has 0 atom stereocenters. The lowest BCUT2D eigenvalue weighted by molar-refractivity contribution is 1.66. The molecule has 2 nitrogen and oxygen atoms in total. The zero-order valence-electron chi connectivity index (χ0n) is 8.24. The molecule has 0 saturated carbocycles. The number of rotatable bonds is 2. The van der Waals surface area contributed by atoms with Crippen molar-refractivity contribution in [2.75, 3.05) is 5.32 Å². The molecule has 16 heavy (non-hydrogen) atoms. The van der Waals surface area contributed by atoms with E-state index in [-0.39, 0.29) is 5.11 Å². The van der Waals surface area contributed by atoms with Gasteiger partial charge in [0.1, 0.15) is 0 Å².